The van der Waals surface area contributed by atoms with Gasteiger partial charge in [0.25, 0.3) is 0 Å². The molecule has 0 aromatic rings. The van der Waals surface area contributed by atoms with Gasteiger partial charge in [-0.3, -0.25) is 0 Å². The zero-order chi connectivity index (χ0) is 2.99. The molecule has 1 fully saturated rings. The molecule has 0 spiro atoms. The first kappa shape index (κ1) is 5.88. The van der Waals surface area contributed by atoms with Crippen molar-refractivity contribution in [1.29, 1.82) is 0 Å². The molecule has 1 unspecified atom stereocenters. The van der Waals surface area contributed by atoms with Crippen LogP contribution in [0.2, 0.25) is 0 Å². The molecule has 0 aromatic heterocycles. The van der Waals surface area contributed by atoms with Gasteiger partial charge in [-0.2, -0.15) is 0 Å². The molecule has 1 atom stereocenters. The molecule has 0 saturated carbocycles. The van der Waals surface area contributed by atoms with Crippen molar-refractivity contribution in [1.82, 2.24) is 0 Å². The zero-order valence-corrected chi connectivity index (χ0v) is 8.90. The molecule has 1 rings (SSSR count). The summed E-state index contributed by atoms with van der Waals surface area (Å²) in [7, 11) is 0. The van der Waals surface area contributed by atoms with E-state index in [2.05, 4.69) is 6.92 Å². The fraction of sp³-hybridized carbons (Fsp3) is 1.00. The van der Waals surface area contributed by atoms with E-state index >= 15 is 0 Å². The van der Waals surface area contributed by atoms with Crippen LogP contribution in [0.5, 0.6) is 0 Å². The van der Waals surface area contributed by atoms with Gasteiger partial charge in [0.05, 0.1) is 12.7 Å². The van der Waals surface area contributed by atoms with Crippen LogP contribution in [-0.4, -0.2) is 40.0 Å². The minimum absolute atomic E-state index is 0. The molecule has 2 heteroatoms. The number of hydrogen-bond donors (Lipinski definition) is 0. The Morgan fingerprint density at radius 3 is 2.00 bits per heavy atom. The predicted molar refractivity (Wildman–Crippen MR) is 24.0 cm³/mol. The van der Waals surface area contributed by atoms with Crippen LogP contribution in [0.4, 0.5) is 0 Å². The normalized spacial score (nSPS) is 31.8. The predicted octanol–water partition coefficient (Wildman–Crippen LogP) is -0.511. The summed E-state index contributed by atoms with van der Waals surface area (Å²) in [6, 6.07) is 0. The summed E-state index contributed by atoms with van der Waals surface area (Å²) in [5.41, 5.74) is 0. The second-order valence-corrected chi connectivity index (χ2v) is 1.14. The third-order valence-corrected chi connectivity index (χ3v) is 0.500. The molecule has 1 aliphatic rings. The molecule has 1 saturated heterocycles. The summed E-state index contributed by atoms with van der Waals surface area (Å²) >= 11 is 0. The molecule has 0 aromatic carbocycles. The standard InChI is InChI=1S/C3H6O.Pb.2H/c1-3-2-4-3;;;/h3H,2H2,1H3;;;. The Labute approximate surface area is 51.9 Å². The Kier molecular flexibility index (Phi) is 2.50. The topological polar surface area (TPSA) is 12.5 Å². The quantitative estimate of drug-likeness (QED) is 0.425. The van der Waals surface area contributed by atoms with Gasteiger partial charge in [0.2, 0.25) is 0 Å². The van der Waals surface area contributed by atoms with Gasteiger partial charge in [-0.1, -0.05) is 0 Å². The first-order valence-electron chi connectivity index (χ1n) is 1.51. The molecular formula is C3H8OPb. The van der Waals surface area contributed by atoms with E-state index in [0.29, 0.717) is 6.10 Å². The fourth-order valence-corrected chi connectivity index (χ4v) is 0.0962. The average Bonchev–Trinajstić information content (AvgIpc) is 1.75. The first-order chi connectivity index (χ1) is 1.89. The maximum absolute atomic E-state index is 4.71. The summed E-state index contributed by atoms with van der Waals surface area (Å²) in [6.45, 7) is 3.04. The van der Waals surface area contributed by atoms with E-state index in [0.717, 1.165) is 6.61 Å². The van der Waals surface area contributed by atoms with Crippen LogP contribution < -0.4 is 0 Å². The Hall–Kier alpha value is 0.882. The third kappa shape index (κ3) is 2.69. The molecular weight excluding hydrogens is 259 g/mol. The van der Waals surface area contributed by atoms with Crippen molar-refractivity contribution in [3.05, 3.63) is 0 Å². The molecule has 2 radical (unpaired) electrons. The Morgan fingerprint density at radius 1 is 1.80 bits per heavy atom. The Bertz CT molecular complexity index is 26.1. The van der Waals surface area contributed by atoms with Crippen molar-refractivity contribution in [2.24, 2.45) is 0 Å². The van der Waals surface area contributed by atoms with Crippen molar-refractivity contribution >= 4 is 27.3 Å². The summed E-state index contributed by atoms with van der Waals surface area (Å²) < 4.78 is 4.71. The van der Waals surface area contributed by atoms with E-state index in [9.17, 15) is 0 Å². The first-order valence-corrected chi connectivity index (χ1v) is 1.51. The molecule has 1 heterocycles. The van der Waals surface area contributed by atoms with Crippen LogP contribution in [0, 0.1) is 0 Å². The summed E-state index contributed by atoms with van der Waals surface area (Å²) in [5, 5.41) is 0. The average molecular weight is 267 g/mol. The van der Waals surface area contributed by atoms with Crippen LogP contribution >= 0.6 is 0 Å². The second kappa shape index (κ2) is 2.13. The second-order valence-electron chi connectivity index (χ2n) is 1.14. The van der Waals surface area contributed by atoms with Gasteiger partial charge in [-0.05, 0) is 6.92 Å². The summed E-state index contributed by atoms with van der Waals surface area (Å²) in [6.07, 6.45) is 0.583. The van der Waals surface area contributed by atoms with Gasteiger partial charge in [0, 0.05) is 0 Å². The summed E-state index contributed by atoms with van der Waals surface area (Å²) in [5.74, 6) is 0. The van der Waals surface area contributed by atoms with E-state index < -0.39 is 0 Å². The Morgan fingerprint density at radius 2 is 2.00 bits per heavy atom. The molecule has 0 amide bonds. The molecule has 1 aliphatic heterocycles. The van der Waals surface area contributed by atoms with Crippen LogP contribution in [0.1, 0.15) is 6.92 Å². The van der Waals surface area contributed by atoms with Gasteiger partial charge < -0.3 is 4.74 Å². The van der Waals surface area contributed by atoms with Gasteiger partial charge in [-0.15, -0.1) is 0 Å². The number of rotatable bonds is 0. The number of ether oxygens (including phenoxy) is 1. The van der Waals surface area contributed by atoms with Crippen molar-refractivity contribution in [2.75, 3.05) is 6.61 Å². The van der Waals surface area contributed by atoms with E-state index in [-0.39, 0.29) is 27.3 Å². The Balaban J connectivity index is 0.000000160. The molecule has 1 nitrogen and oxygen atoms in total. The van der Waals surface area contributed by atoms with Gasteiger partial charge in [0.1, 0.15) is 0 Å². The van der Waals surface area contributed by atoms with Crippen LogP contribution in [-0.2, 0) is 4.74 Å². The van der Waals surface area contributed by atoms with Crippen molar-refractivity contribution in [2.45, 2.75) is 13.0 Å². The third-order valence-electron chi connectivity index (χ3n) is 0.500. The molecule has 0 aliphatic carbocycles. The van der Waals surface area contributed by atoms with Crippen molar-refractivity contribution in [3.63, 3.8) is 0 Å². The monoisotopic (exact) mass is 268 g/mol. The fourth-order valence-electron chi connectivity index (χ4n) is 0.0962. The van der Waals surface area contributed by atoms with Gasteiger partial charge >= 0.3 is 27.3 Å². The van der Waals surface area contributed by atoms with E-state index in [1.54, 1.807) is 0 Å². The molecule has 30 valence electrons. The van der Waals surface area contributed by atoms with Crippen molar-refractivity contribution < 1.29 is 4.74 Å². The summed E-state index contributed by atoms with van der Waals surface area (Å²) in [4.78, 5) is 0. The molecule has 0 N–H and O–H groups in total. The van der Waals surface area contributed by atoms with Crippen LogP contribution in [0.15, 0.2) is 0 Å². The van der Waals surface area contributed by atoms with Gasteiger partial charge in [-0.25, -0.2) is 0 Å². The number of epoxide rings is 1. The van der Waals surface area contributed by atoms with Gasteiger partial charge in [0.15, 0.2) is 0 Å². The zero-order valence-electron chi connectivity index (χ0n) is 3.40. The number of hydrogen-bond acceptors (Lipinski definition) is 1. The molecule has 0 bridgehead atoms. The maximum atomic E-state index is 4.71. The molecule has 5 heavy (non-hydrogen) atoms. The van der Waals surface area contributed by atoms with Crippen LogP contribution in [0.3, 0.4) is 0 Å². The van der Waals surface area contributed by atoms with E-state index in [4.69, 9.17) is 4.74 Å². The minimum atomic E-state index is 0. The van der Waals surface area contributed by atoms with E-state index in [1.807, 2.05) is 0 Å². The van der Waals surface area contributed by atoms with Crippen LogP contribution in [0.25, 0.3) is 0 Å². The van der Waals surface area contributed by atoms with E-state index in [1.165, 1.54) is 0 Å². The van der Waals surface area contributed by atoms with Crippen molar-refractivity contribution in [3.8, 4) is 0 Å². The SMILES string of the molecule is CC1CO1.[PbH2].